The van der Waals surface area contributed by atoms with Crippen LogP contribution in [0.25, 0.3) is 0 Å². The van der Waals surface area contributed by atoms with E-state index in [9.17, 15) is 5.11 Å². The molecule has 0 aromatic rings. The third-order valence-electron chi connectivity index (χ3n) is 9.01. The van der Waals surface area contributed by atoms with Gasteiger partial charge in [0, 0.05) is 6.54 Å². The number of hydrogen-bond acceptors (Lipinski definition) is 3. The van der Waals surface area contributed by atoms with Crippen molar-refractivity contribution in [3.63, 3.8) is 0 Å². The Balaban J connectivity index is 0. The molecule has 0 aliphatic rings. The fraction of sp³-hybridized carbons (Fsp3) is 0.818. The van der Waals surface area contributed by atoms with E-state index >= 15 is 0 Å². The molecule has 0 aliphatic carbocycles. The largest absolute Gasteiger partial charge is 0.395 e. The van der Waals surface area contributed by atoms with Crippen LogP contribution in [0.5, 0.6) is 0 Å². The van der Waals surface area contributed by atoms with E-state index in [0.29, 0.717) is 0 Å². The minimum Gasteiger partial charge on any atom is -0.395 e. The lowest BCUT2D eigenvalue weighted by Crippen LogP contribution is -2.28. The zero-order valence-electron chi connectivity index (χ0n) is 32.9. The highest BCUT2D eigenvalue weighted by Crippen LogP contribution is 2.29. The number of unbranched alkanes of at least 4 members (excludes halogenated alkanes) is 10. The summed E-state index contributed by atoms with van der Waals surface area (Å²) < 4.78 is 0. The summed E-state index contributed by atoms with van der Waals surface area (Å²) in [5.41, 5.74) is 1.77. The molecule has 3 heteroatoms. The molecular formula is C44H84N2O. The lowest BCUT2D eigenvalue weighted by molar-refractivity contribution is 0.193. The number of terminal acetylenes is 1. The number of allylic oxidation sites excluding steroid dienone is 6. The van der Waals surface area contributed by atoms with Crippen LogP contribution in [-0.2, 0) is 0 Å². The normalized spacial score (nSPS) is 12.7. The third-order valence-corrected chi connectivity index (χ3v) is 9.01. The van der Waals surface area contributed by atoms with E-state index in [1.54, 1.807) is 12.5 Å². The van der Waals surface area contributed by atoms with Gasteiger partial charge in [-0.25, -0.2) is 0 Å². The first kappa shape index (κ1) is 47.8. The van der Waals surface area contributed by atoms with Crippen LogP contribution < -0.4 is 0 Å². The van der Waals surface area contributed by atoms with E-state index in [-0.39, 0.29) is 6.61 Å². The van der Waals surface area contributed by atoms with Crippen molar-refractivity contribution in [2.45, 2.75) is 183 Å². The smallest absolute Gasteiger partial charge is 0.0558 e. The summed E-state index contributed by atoms with van der Waals surface area (Å²) in [6.07, 6.45) is 45.5. The molecule has 0 rings (SSSR count). The van der Waals surface area contributed by atoms with Gasteiger partial charge in [0.05, 0.1) is 6.61 Å². The number of aliphatic hydroxyl groups excluding tert-OH is 1. The number of rotatable bonds is 34. The molecule has 0 spiro atoms. The predicted octanol–water partition coefficient (Wildman–Crippen LogP) is 12.6. The molecule has 0 saturated heterocycles. The lowest BCUT2D eigenvalue weighted by atomic mass is 9.85. The molecule has 0 radical (unpaired) electrons. The van der Waals surface area contributed by atoms with Gasteiger partial charge >= 0.3 is 0 Å². The molecule has 1 atom stereocenters. The molecule has 0 fully saturated rings. The van der Waals surface area contributed by atoms with Gasteiger partial charge in [0.2, 0.25) is 0 Å². The molecule has 0 heterocycles. The molecule has 0 bridgehead atoms. The second kappa shape index (κ2) is 40.8. The molecule has 0 aromatic heterocycles. The molecule has 0 amide bonds. The Labute approximate surface area is 297 Å². The first-order valence-electron chi connectivity index (χ1n) is 20.5. The Bertz CT molecular complexity index is 722. The number of nitrogens with zero attached hydrogens (tertiary/aromatic N) is 2. The summed E-state index contributed by atoms with van der Waals surface area (Å²) in [5.74, 6) is 2.99. The Kier molecular flexibility index (Phi) is 41.5. The lowest BCUT2D eigenvalue weighted by Gasteiger charge is -2.22. The molecule has 0 aromatic carbocycles. The molecule has 276 valence electrons. The van der Waals surface area contributed by atoms with Crippen molar-refractivity contribution >= 4 is 0 Å². The summed E-state index contributed by atoms with van der Waals surface area (Å²) in [6, 6.07) is 0. The minimum atomic E-state index is 0.285. The van der Waals surface area contributed by atoms with Crippen LogP contribution in [-0.4, -0.2) is 60.8 Å². The quantitative estimate of drug-likeness (QED) is 0.0424. The fourth-order valence-corrected chi connectivity index (χ4v) is 6.46. The average Bonchev–Trinajstić information content (AvgIpc) is 3.06. The first-order valence-corrected chi connectivity index (χ1v) is 20.5. The van der Waals surface area contributed by atoms with E-state index in [4.69, 9.17) is 0 Å². The van der Waals surface area contributed by atoms with Crippen LogP contribution in [0.4, 0.5) is 0 Å². The van der Waals surface area contributed by atoms with E-state index in [1.165, 1.54) is 154 Å². The van der Waals surface area contributed by atoms with E-state index in [0.717, 1.165) is 32.0 Å². The van der Waals surface area contributed by atoms with E-state index in [2.05, 4.69) is 87.1 Å². The molecule has 1 unspecified atom stereocenters. The van der Waals surface area contributed by atoms with Crippen LogP contribution in [0.1, 0.15) is 183 Å². The summed E-state index contributed by atoms with van der Waals surface area (Å²) >= 11 is 0. The van der Waals surface area contributed by atoms with Crippen LogP contribution in [0, 0.1) is 18.3 Å². The van der Waals surface area contributed by atoms with Gasteiger partial charge in [-0.3, -0.25) is 0 Å². The van der Waals surface area contributed by atoms with Gasteiger partial charge in [0.25, 0.3) is 0 Å². The molecule has 1 N–H and O–H groups in total. The van der Waals surface area contributed by atoms with Crippen molar-refractivity contribution in [2.75, 3.05) is 45.9 Å². The molecule has 0 saturated carbocycles. The summed E-state index contributed by atoms with van der Waals surface area (Å²) in [5, 5.41) is 9.37. The highest BCUT2D eigenvalue weighted by Gasteiger charge is 2.14. The molecule has 3 nitrogen and oxygen atoms in total. The number of aliphatic hydroxyl groups is 1. The summed E-state index contributed by atoms with van der Waals surface area (Å²) in [7, 11) is 0. The summed E-state index contributed by atoms with van der Waals surface area (Å²) in [4.78, 5) is 5.11. The highest BCUT2D eigenvalue weighted by atomic mass is 16.3. The van der Waals surface area contributed by atoms with Crippen LogP contribution in [0.15, 0.2) is 36.0 Å². The third kappa shape index (κ3) is 34.3. The van der Waals surface area contributed by atoms with Gasteiger partial charge in [-0.05, 0) is 129 Å². The molecular weight excluding hydrogens is 572 g/mol. The Hall–Kier alpha value is -1.34. The van der Waals surface area contributed by atoms with E-state index in [1.807, 2.05) is 0 Å². The maximum atomic E-state index is 9.37. The average molecular weight is 657 g/mol. The maximum Gasteiger partial charge on any atom is 0.0558 e. The topological polar surface area (TPSA) is 26.7 Å². The Morgan fingerprint density at radius 3 is 1.60 bits per heavy atom. The van der Waals surface area contributed by atoms with Gasteiger partial charge in [-0.2, -0.15) is 0 Å². The van der Waals surface area contributed by atoms with Crippen molar-refractivity contribution in [3.8, 4) is 12.3 Å². The van der Waals surface area contributed by atoms with Crippen molar-refractivity contribution < 1.29 is 5.11 Å². The van der Waals surface area contributed by atoms with Gasteiger partial charge < -0.3 is 14.9 Å². The molecule has 0 aliphatic heterocycles. The van der Waals surface area contributed by atoms with Gasteiger partial charge in [-0.1, -0.05) is 128 Å². The zero-order chi connectivity index (χ0) is 35.1. The van der Waals surface area contributed by atoms with E-state index < -0.39 is 0 Å². The standard InChI is InChI=1S/C41H80N2O.C3H4/c1-6-11-13-15-17-23-29-40(31-25-19-21-27-36-42(33-8-3)34-9-4)41(30-24-18-16-14-12-7-2)32-26-20-22-28-37-43(35-10-5)38-39-44;1-3-2/h15-18,29,41,44H,6-14,19-28,30-39H2,1-5H3;1H,2H3/b17-15+,18-16+,40-29-;. The van der Waals surface area contributed by atoms with Crippen molar-refractivity contribution in [2.24, 2.45) is 5.92 Å². The van der Waals surface area contributed by atoms with Crippen molar-refractivity contribution in [3.05, 3.63) is 36.0 Å². The van der Waals surface area contributed by atoms with Crippen LogP contribution in [0.3, 0.4) is 0 Å². The monoisotopic (exact) mass is 657 g/mol. The second-order valence-electron chi connectivity index (χ2n) is 13.6. The zero-order valence-corrected chi connectivity index (χ0v) is 32.9. The number of hydrogen-bond donors (Lipinski definition) is 1. The van der Waals surface area contributed by atoms with Crippen molar-refractivity contribution in [1.82, 2.24) is 9.80 Å². The highest BCUT2D eigenvalue weighted by molar-refractivity contribution is 5.10. The Morgan fingerprint density at radius 2 is 1.06 bits per heavy atom. The maximum absolute atomic E-state index is 9.37. The fourth-order valence-electron chi connectivity index (χ4n) is 6.46. The van der Waals surface area contributed by atoms with Crippen molar-refractivity contribution in [1.29, 1.82) is 0 Å². The predicted molar refractivity (Wildman–Crippen MR) is 214 cm³/mol. The van der Waals surface area contributed by atoms with Crippen LogP contribution in [0.2, 0.25) is 0 Å². The van der Waals surface area contributed by atoms with Gasteiger partial charge in [-0.15, -0.1) is 12.3 Å². The Morgan fingerprint density at radius 1 is 0.574 bits per heavy atom. The second-order valence-corrected chi connectivity index (χ2v) is 13.6. The molecule has 47 heavy (non-hydrogen) atoms. The minimum absolute atomic E-state index is 0.285. The SMILES string of the molecule is C#CC.CCCC/C=C/C/C=C(/CCCCCCN(CCC)CCC)C(CC/C=C/CCCC)CCCCCCN(CCC)CCO. The van der Waals surface area contributed by atoms with Crippen LogP contribution >= 0.6 is 0 Å². The summed E-state index contributed by atoms with van der Waals surface area (Å²) in [6.45, 7) is 20.3. The van der Waals surface area contributed by atoms with Gasteiger partial charge in [0.1, 0.15) is 0 Å². The van der Waals surface area contributed by atoms with Gasteiger partial charge in [0.15, 0.2) is 0 Å². The first-order chi connectivity index (χ1) is 23.1.